The van der Waals surface area contributed by atoms with Crippen LogP contribution < -0.4 is 5.32 Å². The Kier molecular flexibility index (Phi) is 7.05. The standard InChI is InChI=1S/C27H33N3O2/c1-19-10-12-22(13-11-19)14-15-28-26(31)23-8-6-16-30(17-23)18-25-21(3)32-27(29-25)24-9-5-4-7-20(24)2/h4-5,7,9-13,23H,6,8,14-18H2,1-3H3,(H,28,31). The lowest BCUT2D eigenvalue weighted by molar-refractivity contribution is -0.126. The molecule has 1 atom stereocenters. The van der Waals surface area contributed by atoms with Crippen LogP contribution in [0.4, 0.5) is 0 Å². The van der Waals surface area contributed by atoms with Crippen LogP contribution in [-0.2, 0) is 17.8 Å². The molecule has 2 aromatic carbocycles. The van der Waals surface area contributed by atoms with E-state index in [0.717, 1.165) is 54.9 Å². The van der Waals surface area contributed by atoms with Gasteiger partial charge in [-0.05, 0) is 63.8 Å². The molecule has 4 rings (SSSR count). The average molecular weight is 432 g/mol. The summed E-state index contributed by atoms with van der Waals surface area (Å²) in [4.78, 5) is 19.9. The van der Waals surface area contributed by atoms with Gasteiger partial charge in [-0.2, -0.15) is 0 Å². The van der Waals surface area contributed by atoms with Crippen LogP contribution in [0.3, 0.4) is 0 Å². The van der Waals surface area contributed by atoms with Crippen molar-refractivity contribution in [3.63, 3.8) is 0 Å². The van der Waals surface area contributed by atoms with Crippen molar-refractivity contribution in [2.24, 2.45) is 5.92 Å². The number of carbonyl (C=O) groups excluding carboxylic acids is 1. The van der Waals surface area contributed by atoms with Crippen LogP contribution in [-0.4, -0.2) is 35.4 Å². The van der Waals surface area contributed by atoms with E-state index in [1.54, 1.807) is 0 Å². The Hall–Kier alpha value is -2.92. The summed E-state index contributed by atoms with van der Waals surface area (Å²) in [5.41, 5.74) is 5.66. The maximum atomic E-state index is 12.8. The molecule has 1 aliphatic heterocycles. The molecule has 0 radical (unpaired) electrons. The first kappa shape index (κ1) is 22.3. The molecule has 168 valence electrons. The van der Waals surface area contributed by atoms with E-state index in [-0.39, 0.29) is 11.8 Å². The molecular formula is C27H33N3O2. The van der Waals surface area contributed by atoms with Crippen molar-refractivity contribution in [3.05, 3.63) is 76.7 Å². The zero-order valence-corrected chi connectivity index (χ0v) is 19.4. The maximum absolute atomic E-state index is 12.8. The summed E-state index contributed by atoms with van der Waals surface area (Å²) in [6, 6.07) is 16.6. The molecule has 5 nitrogen and oxygen atoms in total. The highest BCUT2D eigenvalue weighted by Crippen LogP contribution is 2.26. The summed E-state index contributed by atoms with van der Waals surface area (Å²) >= 11 is 0. The van der Waals surface area contributed by atoms with E-state index >= 15 is 0 Å². The van der Waals surface area contributed by atoms with Crippen molar-refractivity contribution in [1.29, 1.82) is 0 Å². The van der Waals surface area contributed by atoms with Crippen LogP contribution in [0.1, 0.15) is 41.0 Å². The lowest BCUT2D eigenvalue weighted by Crippen LogP contribution is -2.43. The lowest BCUT2D eigenvalue weighted by Gasteiger charge is -2.31. The van der Waals surface area contributed by atoms with Gasteiger partial charge in [0, 0.05) is 25.2 Å². The van der Waals surface area contributed by atoms with Gasteiger partial charge in [-0.3, -0.25) is 9.69 Å². The minimum atomic E-state index is 0.0322. The number of nitrogens with one attached hydrogen (secondary N) is 1. The number of oxazole rings is 1. The van der Waals surface area contributed by atoms with Gasteiger partial charge < -0.3 is 9.73 Å². The number of hydrogen-bond acceptors (Lipinski definition) is 4. The molecule has 1 unspecified atom stereocenters. The van der Waals surface area contributed by atoms with Gasteiger partial charge in [0.05, 0.1) is 11.6 Å². The van der Waals surface area contributed by atoms with Crippen LogP contribution in [0.15, 0.2) is 52.9 Å². The van der Waals surface area contributed by atoms with E-state index in [2.05, 4.69) is 54.4 Å². The van der Waals surface area contributed by atoms with E-state index in [9.17, 15) is 4.79 Å². The van der Waals surface area contributed by atoms with Gasteiger partial charge in [0.15, 0.2) is 0 Å². The second kappa shape index (κ2) is 10.1. The predicted octanol–water partition coefficient (Wildman–Crippen LogP) is 4.84. The third-order valence-electron chi connectivity index (χ3n) is 6.35. The highest BCUT2D eigenvalue weighted by Gasteiger charge is 2.27. The van der Waals surface area contributed by atoms with Gasteiger partial charge in [0.2, 0.25) is 11.8 Å². The number of nitrogens with zero attached hydrogens (tertiary/aromatic N) is 2. The van der Waals surface area contributed by atoms with Crippen molar-refractivity contribution >= 4 is 5.91 Å². The molecule has 1 aromatic heterocycles. The van der Waals surface area contributed by atoms with Gasteiger partial charge in [0.25, 0.3) is 0 Å². The predicted molar refractivity (Wildman–Crippen MR) is 127 cm³/mol. The van der Waals surface area contributed by atoms with Crippen molar-refractivity contribution in [2.75, 3.05) is 19.6 Å². The number of rotatable bonds is 7. The van der Waals surface area contributed by atoms with Crippen molar-refractivity contribution < 1.29 is 9.21 Å². The van der Waals surface area contributed by atoms with Gasteiger partial charge in [-0.15, -0.1) is 0 Å². The third kappa shape index (κ3) is 5.46. The molecule has 1 aliphatic rings. The van der Waals surface area contributed by atoms with Crippen molar-refractivity contribution in [1.82, 2.24) is 15.2 Å². The molecule has 0 saturated carbocycles. The summed E-state index contributed by atoms with van der Waals surface area (Å²) < 4.78 is 5.98. The lowest BCUT2D eigenvalue weighted by atomic mass is 9.97. The number of carbonyl (C=O) groups is 1. The second-order valence-electron chi connectivity index (χ2n) is 8.94. The molecule has 0 aliphatic carbocycles. The molecule has 32 heavy (non-hydrogen) atoms. The number of aryl methyl sites for hydroxylation is 3. The minimum Gasteiger partial charge on any atom is -0.441 e. The first-order valence-corrected chi connectivity index (χ1v) is 11.6. The van der Waals surface area contributed by atoms with Gasteiger partial charge in [0.1, 0.15) is 5.76 Å². The topological polar surface area (TPSA) is 58.4 Å². The maximum Gasteiger partial charge on any atom is 0.226 e. The zero-order chi connectivity index (χ0) is 22.5. The second-order valence-corrected chi connectivity index (χ2v) is 8.94. The first-order chi connectivity index (χ1) is 15.5. The summed E-state index contributed by atoms with van der Waals surface area (Å²) in [7, 11) is 0. The van der Waals surface area contributed by atoms with E-state index in [1.807, 2.05) is 25.1 Å². The fourth-order valence-electron chi connectivity index (χ4n) is 4.36. The minimum absolute atomic E-state index is 0.0322. The smallest absolute Gasteiger partial charge is 0.226 e. The average Bonchev–Trinajstić information content (AvgIpc) is 3.15. The first-order valence-electron chi connectivity index (χ1n) is 11.6. The highest BCUT2D eigenvalue weighted by atomic mass is 16.4. The SMILES string of the molecule is Cc1ccc(CCNC(=O)C2CCCN(Cc3nc(-c4ccccc4C)oc3C)C2)cc1. The quantitative estimate of drug-likeness (QED) is 0.582. The number of piperidine rings is 1. The number of aromatic nitrogens is 1. The summed E-state index contributed by atoms with van der Waals surface area (Å²) in [5, 5.41) is 3.14. The van der Waals surface area contributed by atoms with Crippen molar-refractivity contribution in [3.8, 4) is 11.5 Å². The number of benzene rings is 2. The summed E-state index contributed by atoms with van der Waals surface area (Å²) in [6.07, 6.45) is 2.83. The zero-order valence-electron chi connectivity index (χ0n) is 19.4. The molecule has 2 heterocycles. The summed E-state index contributed by atoms with van der Waals surface area (Å²) in [6.45, 7) is 9.28. The molecule has 3 aromatic rings. The Morgan fingerprint density at radius 1 is 1.12 bits per heavy atom. The molecule has 0 spiro atoms. The fraction of sp³-hybridized carbons (Fsp3) is 0.407. The molecule has 1 N–H and O–H groups in total. The Balaban J connectivity index is 1.31. The summed E-state index contributed by atoms with van der Waals surface area (Å²) in [5.74, 6) is 1.73. The Bertz CT molecular complexity index is 1060. The molecule has 1 saturated heterocycles. The number of hydrogen-bond donors (Lipinski definition) is 1. The van der Waals surface area contributed by atoms with E-state index < -0.39 is 0 Å². The number of amides is 1. The Morgan fingerprint density at radius 2 is 1.91 bits per heavy atom. The number of likely N-dealkylation sites (tertiary alicyclic amines) is 1. The molecule has 0 bridgehead atoms. The molecule has 1 amide bonds. The van der Waals surface area contributed by atoms with Crippen molar-refractivity contribution in [2.45, 2.75) is 46.6 Å². The Labute approximate surface area is 190 Å². The van der Waals surface area contributed by atoms with Gasteiger partial charge in [-0.25, -0.2) is 4.98 Å². The van der Waals surface area contributed by atoms with Crippen LogP contribution in [0.5, 0.6) is 0 Å². The third-order valence-corrected chi connectivity index (χ3v) is 6.35. The molecular weight excluding hydrogens is 398 g/mol. The molecule has 1 fully saturated rings. The largest absolute Gasteiger partial charge is 0.441 e. The normalized spacial score (nSPS) is 16.8. The van der Waals surface area contributed by atoms with Crippen LogP contribution in [0, 0.1) is 26.7 Å². The van der Waals surface area contributed by atoms with Crippen LogP contribution >= 0.6 is 0 Å². The van der Waals surface area contributed by atoms with Crippen LogP contribution in [0.25, 0.3) is 11.5 Å². The van der Waals surface area contributed by atoms with Gasteiger partial charge >= 0.3 is 0 Å². The monoisotopic (exact) mass is 431 g/mol. The van der Waals surface area contributed by atoms with Crippen LogP contribution in [0.2, 0.25) is 0 Å². The highest BCUT2D eigenvalue weighted by molar-refractivity contribution is 5.79. The Morgan fingerprint density at radius 3 is 2.69 bits per heavy atom. The fourth-order valence-corrected chi connectivity index (χ4v) is 4.36. The van der Waals surface area contributed by atoms with Gasteiger partial charge in [-0.1, -0.05) is 48.0 Å². The van der Waals surface area contributed by atoms with E-state index in [4.69, 9.17) is 9.40 Å². The van der Waals surface area contributed by atoms with E-state index in [1.165, 1.54) is 11.1 Å². The molecule has 5 heteroatoms. The van der Waals surface area contributed by atoms with E-state index in [0.29, 0.717) is 19.0 Å².